The Hall–Kier alpha value is -3.35. The fourth-order valence-electron chi connectivity index (χ4n) is 3.66. The van der Waals surface area contributed by atoms with Gasteiger partial charge in [-0.1, -0.05) is 0 Å². The van der Waals surface area contributed by atoms with Crippen molar-refractivity contribution < 1.29 is 4.74 Å². The van der Waals surface area contributed by atoms with Crippen LogP contribution in [0.25, 0.3) is 11.3 Å². The predicted molar refractivity (Wildman–Crippen MR) is 127 cm³/mol. The minimum absolute atomic E-state index is 0. The van der Waals surface area contributed by atoms with E-state index in [-0.39, 0.29) is 18.1 Å². The minimum Gasteiger partial charge on any atom is -0.496 e. The molecule has 3 heterocycles. The molecule has 1 fully saturated rings. The first-order chi connectivity index (χ1) is 15.1. The molecule has 2 aromatic heterocycles. The Kier molecular flexibility index (Phi) is 7.87. The average Bonchev–Trinajstić information content (AvgIpc) is 3.27. The quantitative estimate of drug-likeness (QED) is 0.495. The Bertz CT molecular complexity index is 1050. The predicted octanol–water partition coefficient (Wildman–Crippen LogP) is 3.67. The molecule has 1 aliphatic rings. The van der Waals surface area contributed by atoms with Crippen LogP contribution in [0.3, 0.4) is 0 Å². The highest BCUT2D eigenvalue weighted by Crippen LogP contribution is 2.33. The van der Waals surface area contributed by atoms with Crippen LogP contribution in [-0.4, -0.2) is 58.9 Å². The van der Waals surface area contributed by atoms with Crippen LogP contribution in [0.15, 0.2) is 36.7 Å². The molecule has 3 aromatic rings. The lowest BCUT2D eigenvalue weighted by Crippen LogP contribution is -2.32. The molecule has 1 aliphatic heterocycles. The third-order valence-corrected chi connectivity index (χ3v) is 5.53. The SMILES string of the molecule is COc1cc(NCC2CCN(C)CC2)ccc1-c1cc(Nc2cnc(C#N)cn2)n[nH]1.Cl. The summed E-state index contributed by atoms with van der Waals surface area (Å²) in [5, 5.41) is 22.8. The highest BCUT2D eigenvalue weighted by atomic mass is 35.5. The van der Waals surface area contributed by atoms with Gasteiger partial charge in [-0.15, -0.1) is 12.4 Å². The number of likely N-dealkylation sites (tertiary alicyclic amines) is 1. The first-order valence-electron chi connectivity index (χ1n) is 10.3. The Morgan fingerprint density at radius 3 is 2.69 bits per heavy atom. The molecule has 9 nitrogen and oxygen atoms in total. The molecule has 4 rings (SSSR count). The van der Waals surface area contributed by atoms with Gasteiger partial charge in [-0.05, 0) is 51.0 Å². The smallest absolute Gasteiger partial charge is 0.158 e. The van der Waals surface area contributed by atoms with E-state index in [0.29, 0.717) is 17.6 Å². The summed E-state index contributed by atoms with van der Waals surface area (Å²) in [5.41, 5.74) is 3.05. The molecule has 0 atom stereocenters. The topological polar surface area (TPSA) is 115 Å². The van der Waals surface area contributed by atoms with Crippen molar-refractivity contribution in [3.8, 4) is 23.1 Å². The number of piperidine rings is 1. The number of ether oxygens (including phenoxy) is 1. The lowest BCUT2D eigenvalue weighted by atomic mass is 9.97. The van der Waals surface area contributed by atoms with E-state index >= 15 is 0 Å². The van der Waals surface area contributed by atoms with Crippen molar-refractivity contribution in [1.82, 2.24) is 25.1 Å². The maximum absolute atomic E-state index is 8.82. The van der Waals surface area contributed by atoms with Crippen molar-refractivity contribution in [2.75, 3.05) is 44.4 Å². The number of hydrogen-bond donors (Lipinski definition) is 3. The molecule has 168 valence electrons. The lowest BCUT2D eigenvalue weighted by Gasteiger charge is -2.29. The van der Waals surface area contributed by atoms with E-state index in [1.807, 2.05) is 24.3 Å². The van der Waals surface area contributed by atoms with Crippen molar-refractivity contribution in [3.63, 3.8) is 0 Å². The minimum atomic E-state index is 0. The standard InChI is InChI=1S/C22H26N8O.ClH/c1-30-7-5-15(6-8-30)12-24-16-3-4-18(20(9-16)31-2)19-10-21(29-28-19)27-22-14-25-17(11-23)13-26-22;/h3-4,9-10,13-15,24H,5-8,12H2,1-2H3,(H2,26,27,28,29);1H. The largest absolute Gasteiger partial charge is 0.496 e. The highest BCUT2D eigenvalue weighted by Gasteiger charge is 2.17. The Balaban J connectivity index is 0.00000289. The zero-order valence-corrected chi connectivity index (χ0v) is 18.9. The van der Waals surface area contributed by atoms with Crippen molar-refractivity contribution in [2.45, 2.75) is 12.8 Å². The first-order valence-corrected chi connectivity index (χ1v) is 10.3. The van der Waals surface area contributed by atoms with Crippen LogP contribution in [0.5, 0.6) is 5.75 Å². The van der Waals surface area contributed by atoms with Gasteiger partial charge in [-0.25, -0.2) is 9.97 Å². The van der Waals surface area contributed by atoms with E-state index in [2.05, 4.69) is 48.8 Å². The molecule has 32 heavy (non-hydrogen) atoms. The van der Waals surface area contributed by atoms with Gasteiger partial charge in [0.1, 0.15) is 17.6 Å². The molecule has 0 unspecified atom stereocenters. The average molecular weight is 455 g/mol. The summed E-state index contributed by atoms with van der Waals surface area (Å²) < 4.78 is 5.63. The Labute approximate surface area is 193 Å². The molecule has 0 radical (unpaired) electrons. The van der Waals surface area contributed by atoms with Crippen LogP contribution in [0.2, 0.25) is 0 Å². The second kappa shape index (κ2) is 10.8. The number of aromatic nitrogens is 4. The number of rotatable bonds is 7. The van der Waals surface area contributed by atoms with E-state index in [4.69, 9.17) is 10.00 Å². The second-order valence-electron chi connectivity index (χ2n) is 7.73. The van der Waals surface area contributed by atoms with Gasteiger partial charge >= 0.3 is 0 Å². The summed E-state index contributed by atoms with van der Waals surface area (Å²) in [7, 11) is 3.85. The molecular weight excluding hydrogens is 428 g/mol. The van der Waals surface area contributed by atoms with Gasteiger partial charge in [0.25, 0.3) is 0 Å². The molecule has 3 N–H and O–H groups in total. The van der Waals surface area contributed by atoms with Crippen molar-refractivity contribution in [2.24, 2.45) is 5.92 Å². The van der Waals surface area contributed by atoms with Gasteiger partial charge in [0.15, 0.2) is 11.5 Å². The molecule has 0 saturated carbocycles. The van der Waals surface area contributed by atoms with Gasteiger partial charge in [0, 0.05) is 29.9 Å². The number of nitrogens with zero attached hydrogens (tertiary/aromatic N) is 5. The summed E-state index contributed by atoms with van der Waals surface area (Å²) in [6.45, 7) is 3.30. The molecule has 10 heteroatoms. The summed E-state index contributed by atoms with van der Waals surface area (Å²) in [6, 6.07) is 9.93. The van der Waals surface area contributed by atoms with Crippen molar-refractivity contribution >= 4 is 29.7 Å². The van der Waals surface area contributed by atoms with Gasteiger partial charge in [-0.2, -0.15) is 10.4 Å². The summed E-state index contributed by atoms with van der Waals surface area (Å²) in [4.78, 5) is 10.5. The number of nitrogens with one attached hydrogen (secondary N) is 3. The Morgan fingerprint density at radius 2 is 2.00 bits per heavy atom. The molecule has 1 saturated heterocycles. The summed E-state index contributed by atoms with van der Waals surface area (Å²) >= 11 is 0. The lowest BCUT2D eigenvalue weighted by molar-refractivity contribution is 0.226. The molecule has 0 bridgehead atoms. The van der Waals surface area contributed by atoms with Gasteiger partial charge in [0.2, 0.25) is 0 Å². The molecule has 0 amide bonds. The van der Waals surface area contributed by atoms with E-state index < -0.39 is 0 Å². The molecule has 1 aromatic carbocycles. The van der Waals surface area contributed by atoms with Gasteiger partial charge in [-0.3, -0.25) is 5.10 Å². The number of halogens is 1. The van der Waals surface area contributed by atoms with Crippen LogP contribution in [0, 0.1) is 17.2 Å². The van der Waals surface area contributed by atoms with E-state index in [1.54, 1.807) is 7.11 Å². The van der Waals surface area contributed by atoms with Crippen LogP contribution < -0.4 is 15.4 Å². The zero-order chi connectivity index (χ0) is 21.6. The third kappa shape index (κ3) is 5.66. The van der Waals surface area contributed by atoms with Crippen LogP contribution in [-0.2, 0) is 0 Å². The normalized spacial score (nSPS) is 14.3. The maximum atomic E-state index is 8.82. The van der Waals surface area contributed by atoms with E-state index in [1.165, 1.54) is 38.3 Å². The fraction of sp³-hybridized carbons (Fsp3) is 0.364. The number of nitriles is 1. The van der Waals surface area contributed by atoms with Crippen molar-refractivity contribution in [3.05, 3.63) is 42.4 Å². The fourth-order valence-corrected chi connectivity index (χ4v) is 3.66. The maximum Gasteiger partial charge on any atom is 0.158 e. The Morgan fingerprint density at radius 1 is 1.19 bits per heavy atom. The van der Waals surface area contributed by atoms with Crippen molar-refractivity contribution in [1.29, 1.82) is 5.26 Å². The number of anilines is 3. The van der Waals surface area contributed by atoms with E-state index in [9.17, 15) is 0 Å². The summed E-state index contributed by atoms with van der Waals surface area (Å²) in [6.07, 6.45) is 5.37. The number of aromatic amines is 1. The number of methoxy groups -OCH3 is 1. The highest BCUT2D eigenvalue weighted by molar-refractivity contribution is 5.85. The zero-order valence-electron chi connectivity index (χ0n) is 18.1. The van der Waals surface area contributed by atoms with Gasteiger partial charge < -0.3 is 20.3 Å². The molecule has 0 aliphatic carbocycles. The molecular formula is C22H27ClN8O. The van der Waals surface area contributed by atoms with E-state index in [0.717, 1.165) is 29.2 Å². The third-order valence-electron chi connectivity index (χ3n) is 5.53. The van der Waals surface area contributed by atoms with Crippen LogP contribution >= 0.6 is 12.4 Å². The first kappa shape index (κ1) is 23.3. The van der Waals surface area contributed by atoms with Crippen LogP contribution in [0.4, 0.5) is 17.3 Å². The second-order valence-corrected chi connectivity index (χ2v) is 7.73. The number of hydrogen-bond acceptors (Lipinski definition) is 8. The van der Waals surface area contributed by atoms with Gasteiger partial charge in [0.05, 0.1) is 25.2 Å². The summed E-state index contributed by atoms with van der Waals surface area (Å²) in [5.74, 6) is 2.58. The number of H-pyrrole nitrogens is 1. The monoisotopic (exact) mass is 454 g/mol. The van der Waals surface area contributed by atoms with Crippen LogP contribution in [0.1, 0.15) is 18.5 Å². The molecule has 0 spiro atoms. The number of benzene rings is 1.